The van der Waals surface area contributed by atoms with E-state index in [-0.39, 0.29) is 5.56 Å². The van der Waals surface area contributed by atoms with Gasteiger partial charge in [0.15, 0.2) is 5.82 Å². The molecule has 8 heteroatoms. The second kappa shape index (κ2) is 7.78. The van der Waals surface area contributed by atoms with Gasteiger partial charge in [-0.05, 0) is 60.7 Å². The lowest BCUT2D eigenvalue weighted by Crippen LogP contribution is -2.43. The van der Waals surface area contributed by atoms with Gasteiger partial charge in [-0.2, -0.15) is 0 Å². The van der Waals surface area contributed by atoms with Crippen LogP contribution in [0.15, 0.2) is 111 Å². The lowest BCUT2D eigenvalue weighted by Gasteiger charge is -2.32. The fourth-order valence-electron chi connectivity index (χ4n) is 4.90. The van der Waals surface area contributed by atoms with Crippen molar-refractivity contribution >= 4 is 50.0 Å². The van der Waals surface area contributed by atoms with Crippen LogP contribution in [0.4, 0.5) is 5.69 Å². The van der Waals surface area contributed by atoms with Gasteiger partial charge < -0.3 is 4.74 Å². The summed E-state index contributed by atoms with van der Waals surface area (Å²) in [6.07, 6.45) is 0. The van der Waals surface area contributed by atoms with Crippen molar-refractivity contribution in [1.82, 2.24) is 9.55 Å². The molecule has 4 aromatic carbocycles. The number of anilines is 1. The van der Waals surface area contributed by atoms with Crippen LogP contribution in [-0.2, 0) is 10.5 Å². The molecule has 0 saturated carbocycles. The minimum absolute atomic E-state index is 0.163. The highest BCUT2D eigenvalue weighted by atomic mass is 79.9. The van der Waals surface area contributed by atoms with Crippen LogP contribution >= 0.6 is 27.5 Å². The molecule has 0 radical (unpaired) electrons. The molecule has 7 rings (SSSR count). The maximum absolute atomic E-state index is 13.8. The van der Waals surface area contributed by atoms with Crippen molar-refractivity contribution < 1.29 is 4.74 Å². The van der Waals surface area contributed by atoms with Crippen LogP contribution in [0.1, 0.15) is 17.0 Å². The Balaban J connectivity index is 1.59. The average molecular weight is 556 g/mol. The summed E-state index contributed by atoms with van der Waals surface area (Å²) in [7, 11) is 0. The summed E-state index contributed by atoms with van der Waals surface area (Å²) in [4.78, 5) is 18.8. The van der Waals surface area contributed by atoms with Crippen molar-refractivity contribution in [2.75, 3.05) is 5.01 Å². The van der Waals surface area contributed by atoms with Crippen LogP contribution in [0.5, 0.6) is 0 Å². The minimum atomic E-state index is -1.32. The van der Waals surface area contributed by atoms with Crippen LogP contribution < -0.4 is 10.6 Å². The van der Waals surface area contributed by atoms with Crippen molar-refractivity contribution in [1.29, 1.82) is 0 Å². The Bertz CT molecular complexity index is 1790. The lowest BCUT2D eigenvalue weighted by molar-refractivity contribution is 0.116. The molecule has 1 unspecified atom stereocenters. The standard InChI is InChI=1S/C28H16BrClN4O2/c29-18-13-14-24-22(16-18)28(27-31-23-12-5-4-11-21(23)26(35)33(24)27)34(20-9-2-1-3-10-20)32-25(36-28)17-7-6-8-19(30)15-17/h1-16H. The molecule has 0 N–H and O–H groups in total. The van der Waals surface area contributed by atoms with Gasteiger partial charge in [0, 0.05) is 15.1 Å². The third-order valence-electron chi connectivity index (χ3n) is 6.45. The summed E-state index contributed by atoms with van der Waals surface area (Å²) in [5, 5.41) is 7.85. The highest BCUT2D eigenvalue weighted by molar-refractivity contribution is 9.10. The summed E-state index contributed by atoms with van der Waals surface area (Å²) < 4.78 is 9.29. The summed E-state index contributed by atoms with van der Waals surface area (Å²) in [5.74, 6) is 0.812. The van der Waals surface area contributed by atoms with Crippen molar-refractivity contribution in [3.05, 3.63) is 134 Å². The SMILES string of the molecule is O=c1c2ccccc2nc2n1-c1ccc(Br)cc1C21OC(c2cccc(Cl)c2)=NN1c1ccccc1. The molecule has 174 valence electrons. The monoisotopic (exact) mass is 554 g/mol. The van der Waals surface area contributed by atoms with Crippen molar-refractivity contribution in [3.63, 3.8) is 0 Å². The van der Waals surface area contributed by atoms with Crippen molar-refractivity contribution in [3.8, 4) is 5.69 Å². The van der Waals surface area contributed by atoms with Gasteiger partial charge in [-0.1, -0.05) is 63.9 Å². The number of benzene rings is 4. The summed E-state index contributed by atoms with van der Waals surface area (Å²) in [5.41, 5.74) is 2.06. The number of ether oxygens (including phenoxy) is 1. The maximum atomic E-state index is 13.8. The number of fused-ring (bicyclic) bond motifs is 6. The van der Waals surface area contributed by atoms with E-state index in [0.717, 1.165) is 21.3 Å². The molecule has 2 aliphatic heterocycles. The zero-order chi connectivity index (χ0) is 24.4. The largest absolute Gasteiger partial charge is 0.435 e. The molecule has 0 bridgehead atoms. The molecule has 1 spiro atoms. The Morgan fingerprint density at radius 2 is 1.69 bits per heavy atom. The average Bonchev–Trinajstić information content (AvgIpc) is 3.42. The summed E-state index contributed by atoms with van der Waals surface area (Å²) >= 11 is 9.92. The van der Waals surface area contributed by atoms with Gasteiger partial charge in [0.2, 0.25) is 5.90 Å². The Morgan fingerprint density at radius 3 is 2.53 bits per heavy atom. The Hall–Kier alpha value is -3.94. The molecule has 0 aliphatic carbocycles. The van der Waals surface area contributed by atoms with E-state index in [9.17, 15) is 4.79 Å². The third-order valence-corrected chi connectivity index (χ3v) is 7.18. The van der Waals surface area contributed by atoms with Crippen LogP contribution in [0.25, 0.3) is 16.6 Å². The fourth-order valence-corrected chi connectivity index (χ4v) is 5.45. The zero-order valence-corrected chi connectivity index (χ0v) is 20.9. The topological polar surface area (TPSA) is 59.7 Å². The van der Waals surface area contributed by atoms with Crippen LogP contribution in [0.3, 0.4) is 0 Å². The zero-order valence-electron chi connectivity index (χ0n) is 18.6. The number of rotatable bonds is 2. The van der Waals surface area contributed by atoms with Crippen molar-refractivity contribution in [2.45, 2.75) is 5.72 Å². The predicted octanol–water partition coefficient (Wildman–Crippen LogP) is 6.21. The summed E-state index contributed by atoms with van der Waals surface area (Å²) in [6, 6.07) is 30.2. The van der Waals surface area contributed by atoms with E-state index in [1.54, 1.807) is 27.8 Å². The molecular formula is C28H16BrClN4O2. The fraction of sp³-hybridized carbons (Fsp3) is 0.0357. The second-order valence-electron chi connectivity index (χ2n) is 8.56. The van der Waals surface area contributed by atoms with E-state index >= 15 is 0 Å². The highest BCUT2D eigenvalue weighted by Gasteiger charge is 2.58. The second-order valence-corrected chi connectivity index (χ2v) is 9.92. The molecule has 2 aliphatic rings. The predicted molar refractivity (Wildman–Crippen MR) is 144 cm³/mol. The lowest BCUT2D eigenvalue weighted by atomic mass is 10.0. The van der Waals surface area contributed by atoms with Crippen LogP contribution in [0.2, 0.25) is 5.02 Å². The van der Waals surface area contributed by atoms with Gasteiger partial charge in [0.25, 0.3) is 11.3 Å². The molecule has 1 aromatic heterocycles. The Labute approximate surface area is 219 Å². The first-order valence-corrected chi connectivity index (χ1v) is 12.4. The minimum Gasteiger partial charge on any atom is -0.435 e. The number of hydrazone groups is 1. The molecule has 6 nitrogen and oxygen atoms in total. The Morgan fingerprint density at radius 1 is 0.889 bits per heavy atom. The van der Waals surface area contributed by atoms with Gasteiger partial charge >= 0.3 is 0 Å². The molecule has 1 atom stereocenters. The normalized spacial score (nSPS) is 17.7. The number of para-hydroxylation sites is 2. The summed E-state index contributed by atoms with van der Waals surface area (Å²) in [6.45, 7) is 0. The maximum Gasteiger partial charge on any atom is 0.291 e. The van der Waals surface area contributed by atoms with Crippen molar-refractivity contribution in [2.24, 2.45) is 5.10 Å². The van der Waals surface area contributed by atoms with Gasteiger partial charge in [-0.3, -0.25) is 9.36 Å². The molecule has 0 amide bonds. The van der Waals surface area contributed by atoms with Gasteiger partial charge in [0.1, 0.15) is 0 Å². The Kier molecular flexibility index (Phi) is 4.61. The van der Waals surface area contributed by atoms with E-state index < -0.39 is 5.72 Å². The molecule has 0 fully saturated rings. The van der Waals surface area contributed by atoms with Gasteiger partial charge in [-0.25, -0.2) is 9.99 Å². The van der Waals surface area contributed by atoms with E-state index in [1.165, 1.54) is 0 Å². The first kappa shape index (κ1) is 21.4. The van der Waals surface area contributed by atoms with E-state index in [1.807, 2.05) is 78.9 Å². The first-order chi connectivity index (χ1) is 17.6. The van der Waals surface area contributed by atoms with Gasteiger partial charge in [-0.15, -0.1) is 5.10 Å². The van der Waals surface area contributed by atoms with Crippen LogP contribution in [-0.4, -0.2) is 15.4 Å². The quantitative estimate of drug-likeness (QED) is 0.260. The van der Waals surface area contributed by atoms with E-state index in [0.29, 0.717) is 33.3 Å². The molecule has 36 heavy (non-hydrogen) atoms. The number of hydrogen-bond acceptors (Lipinski definition) is 5. The number of nitrogens with zero attached hydrogens (tertiary/aromatic N) is 4. The first-order valence-electron chi connectivity index (χ1n) is 11.3. The number of hydrogen-bond donors (Lipinski definition) is 0. The van der Waals surface area contributed by atoms with Gasteiger partial charge in [0.05, 0.1) is 27.8 Å². The number of aromatic nitrogens is 2. The molecular weight excluding hydrogens is 540 g/mol. The third kappa shape index (κ3) is 2.93. The van der Waals surface area contributed by atoms with E-state index in [2.05, 4.69) is 15.9 Å². The number of halogens is 2. The highest BCUT2D eigenvalue weighted by Crippen LogP contribution is 2.50. The molecule has 0 saturated heterocycles. The molecule has 5 aromatic rings. The van der Waals surface area contributed by atoms with Crippen LogP contribution in [0, 0.1) is 0 Å². The molecule has 3 heterocycles. The smallest absolute Gasteiger partial charge is 0.291 e. The van der Waals surface area contributed by atoms with E-state index in [4.69, 9.17) is 26.4 Å².